The summed E-state index contributed by atoms with van der Waals surface area (Å²) in [7, 11) is -1.37. The van der Waals surface area contributed by atoms with Gasteiger partial charge in [-0.05, 0) is 56.4 Å². The molecule has 3 rings (SSSR count). The lowest BCUT2D eigenvalue weighted by Crippen LogP contribution is -2.36. The SMILES string of the molecule is COc1ccc(C(=O)C2CC3CCC(C2)S3(=O)=O)c(C)c1. The molecule has 2 atom stereocenters. The maximum atomic E-state index is 12.7. The third-order valence-corrected chi connectivity index (χ3v) is 7.62. The molecule has 0 aromatic heterocycles. The Morgan fingerprint density at radius 3 is 2.33 bits per heavy atom. The molecule has 1 aromatic rings. The predicted octanol–water partition coefficient (Wildman–Crippen LogP) is 2.54. The van der Waals surface area contributed by atoms with Crippen LogP contribution in [-0.2, 0) is 9.84 Å². The Morgan fingerprint density at radius 1 is 1.19 bits per heavy atom. The van der Waals surface area contributed by atoms with Crippen molar-refractivity contribution in [2.45, 2.75) is 43.1 Å². The van der Waals surface area contributed by atoms with E-state index in [-0.39, 0.29) is 22.2 Å². The minimum absolute atomic E-state index is 0.0851. The van der Waals surface area contributed by atoms with Crippen LogP contribution in [0, 0.1) is 12.8 Å². The van der Waals surface area contributed by atoms with Crippen molar-refractivity contribution in [1.82, 2.24) is 0 Å². The largest absolute Gasteiger partial charge is 0.497 e. The highest BCUT2D eigenvalue weighted by molar-refractivity contribution is 7.93. The van der Waals surface area contributed by atoms with Crippen molar-refractivity contribution in [2.75, 3.05) is 7.11 Å². The lowest BCUT2D eigenvalue weighted by atomic mass is 9.88. The Labute approximate surface area is 125 Å². The molecule has 0 N–H and O–H groups in total. The third-order valence-electron chi connectivity index (χ3n) is 4.90. The number of aryl methyl sites for hydroxylation is 1. The summed E-state index contributed by atoms with van der Waals surface area (Å²) in [6, 6.07) is 5.43. The first-order chi connectivity index (χ1) is 9.93. The van der Waals surface area contributed by atoms with Gasteiger partial charge in [-0.25, -0.2) is 8.42 Å². The number of benzene rings is 1. The van der Waals surface area contributed by atoms with Gasteiger partial charge in [-0.15, -0.1) is 0 Å². The van der Waals surface area contributed by atoms with Crippen LogP contribution >= 0.6 is 0 Å². The highest BCUT2D eigenvalue weighted by Crippen LogP contribution is 2.42. The number of ketones is 1. The second-order valence-corrected chi connectivity index (χ2v) is 8.64. The van der Waals surface area contributed by atoms with Crippen molar-refractivity contribution in [2.24, 2.45) is 5.92 Å². The van der Waals surface area contributed by atoms with Crippen LogP contribution in [0.4, 0.5) is 0 Å². The Kier molecular flexibility index (Phi) is 3.56. The van der Waals surface area contributed by atoms with Crippen LogP contribution in [-0.4, -0.2) is 31.8 Å². The van der Waals surface area contributed by atoms with Crippen LogP contribution < -0.4 is 4.74 Å². The number of hydrogen-bond donors (Lipinski definition) is 0. The number of ether oxygens (including phenoxy) is 1. The number of Topliss-reactive ketones (excluding diaryl/α,β-unsaturated/α-hetero) is 1. The minimum atomic E-state index is -2.97. The summed E-state index contributed by atoms with van der Waals surface area (Å²) >= 11 is 0. The summed E-state index contributed by atoms with van der Waals surface area (Å²) in [4.78, 5) is 12.7. The topological polar surface area (TPSA) is 60.4 Å². The number of fused-ring (bicyclic) bond motifs is 2. The van der Waals surface area contributed by atoms with Gasteiger partial charge in [0, 0.05) is 11.5 Å². The number of rotatable bonds is 3. The normalized spacial score (nSPS) is 30.1. The molecule has 0 radical (unpaired) electrons. The lowest BCUT2D eigenvalue weighted by molar-refractivity contribution is 0.0904. The molecule has 2 bridgehead atoms. The first-order valence-electron chi connectivity index (χ1n) is 7.35. The monoisotopic (exact) mass is 308 g/mol. The average molecular weight is 308 g/mol. The number of hydrogen-bond acceptors (Lipinski definition) is 4. The summed E-state index contributed by atoms with van der Waals surface area (Å²) < 4.78 is 29.4. The quantitative estimate of drug-likeness (QED) is 0.805. The Bertz CT molecular complexity index is 658. The Hall–Kier alpha value is -1.36. The highest BCUT2D eigenvalue weighted by atomic mass is 32.2. The van der Waals surface area contributed by atoms with Gasteiger partial charge in [0.25, 0.3) is 0 Å². The summed E-state index contributed by atoms with van der Waals surface area (Å²) in [6.45, 7) is 1.89. The molecule has 2 unspecified atom stereocenters. The van der Waals surface area contributed by atoms with Gasteiger partial charge in [0.15, 0.2) is 15.6 Å². The van der Waals surface area contributed by atoms with Gasteiger partial charge in [-0.2, -0.15) is 0 Å². The van der Waals surface area contributed by atoms with Crippen molar-refractivity contribution >= 4 is 15.6 Å². The number of sulfone groups is 1. The molecule has 1 aromatic carbocycles. The van der Waals surface area contributed by atoms with E-state index in [1.54, 1.807) is 19.2 Å². The summed E-state index contributed by atoms with van der Waals surface area (Å²) in [6.07, 6.45) is 2.42. The fourth-order valence-corrected chi connectivity index (χ4v) is 6.16. The fourth-order valence-electron chi connectivity index (χ4n) is 3.68. The van der Waals surface area contributed by atoms with Crippen LogP contribution in [0.2, 0.25) is 0 Å². The molecule has 2 heterocycles. The standard InChI is InChI=1S/C16H20O4S/c1-10-7-12(20-2)3-6-15(10)16(17)11-8-13-4-5-14(9-11)21(13,18)19/h3,6-7,11,13-14H,4-5,8-9H2,1-2H3. The van der Waals surface area contributed by atoms with Gasteiger partial charge in [0.05, 0.1) is 17.6 Å². The summed E-state index contributed by atoms with van der Waals surface area (Å²) in [5.41, 5.74) is 1.58. The zero-order valence-electron chi connectivity index (χ0n) is 12.3. The molecule has 2 saturated heterocycles. The number of methoxy groups -OCH3 is 1. The Balaban J connectivity index is 1.84. The molecule has 0 amide bonds. The van der Waals surface area contributed by atoms with E-state index in [4.69, 9.17) is 4.74 Å². The van der Waals surface area contributed by atoms with E-state index in [9.17, 15) is 13.2 Å². The lowest BCUT2D eigenvalue weighted by Gasteiger charge is -2.27. The molecule has 0 spiro atoms. The van der Waals surface area contributed by atoms with Crippen LogP contribution in [0.25, 0.3) is 0 Å². The van der Waals surface area contributed by atoms with Crippen molar-refractivity contribution in [3.05, 3.63) is 29.3 Å². The maximum absolute atomic E-state index is 12.7. The van der Waals surface area contributed by atoms with E-state index in [1.165, 1.54) is 0 Å². The van der Waals surface area contributed by atoms with Gasteiger partial charge in [0.1, 0.15) is 5.75 Å². The second kappa shape index (κ2) is 5.13. The van der Waals surface area contributed by atoms with E-state index in [0.717, 1.165) is 24.2 Å². The van der Waals surface area contributed by atoms with Gasteiger partial charge < -0.3 is 4.74 Å². The molecule has 2 aliphatic heterocycles. The van der Waals surface area contributed by atoms with E-state index >= 15 is 0 Å². The van der Waals surface area contributed by atoms with Gasteiger partial charge in [-0.1, -0.05) is 0 Å². The van der Waals surface area contributed by atoms with Gasteiger partial charge in [0.2, 0.25) is 0 Å². The molecule has 114 valence electrons. The molecule has 5 heteroatoms. The smallest absolute Gasteiger partial charge is 0.166 e. The predicted molar refractivity (Wildman–Crippen MR) is 80.5 cm³/mol. The van der Waals surface area contributed by atoms with Crippen LogP contribution in [0.1, 0.15) is 41.6 Å². The van der Waals surface area contributed by atoms with E-state index in [1.807, 2.05) is 13.0 Å². The molecule has 2 fully saturated rings. The van der Waals surface area contributed by atoms with Crippen molar-refractivity contribution < 1.29 is 17.9 Å². The van der Waals surface area contributed by atoms with E-state index < -0.39 is 9.84 Å². The van der Waals surface area contributed by atoms with Crippen molar-refractivity contribution in [3.63, 3.8) is 0 Å². The fraction of sp³-hybridized carbons (Fsp3) is 0.562. The van der Waals surface area contributed by atoms with E-state index in [0.29, 0.717) is 18.4 Å². The number of carbonyl (C=O) groups is 1. The first-order valence-corrected chi connectivity index (χ1v) is 8.96. The van der Waals surface area contributed by atoms with Crippen LogP contribution in [0.3, 0.4) is 0 Å². The summed E-state index contributed by atoms with van der Waals surface area (Å²) in [5.74, 6) is 0.662. The van der Waals surface area contributed by atoms with Gasteiger partial charge in [-0.3, -0.25) is 4.79 Å². The second-order valence-electron chi connectivity index (χ2n) is 6.12. The Morgan fingerprint density at radius 2 is 1.81 bits per heavy atom. The maximum Gasteiger partial charge on any atom is 0.166 e. The molecule has 2 aliphatic rings. The summed E-state index contributed by atoms with van der Waals surface area (Å²) in [5, 5.41) is -0.604. The molecular weight excluding hydrogens is 288 g/mol. The first kappa shape index (κ1) is 14.6. The zero-order valence-corrected chi connectivity index (χ0v) is 13.2. The highest BCUT2D eigenvalue weighted by Gasteiger charge is 2.48. The average Bonchev–Trinajstić information content (AvgIpc) is 2.66. The van der Waals surface area contributed by atoms with Crippen LogP contribution in [0.15, 0.2) is 18.2 Å². The van der Waals surface area contributed by atoms with Crippen molar-refractivity contribution in [1.29, 1.82) is 0 Å². The molecular formula is C16H20O4S. The van der Waals surface area contributed by atoms with Gasteiger partial charge >= 0.3 is 0 Å². The van der Waals surface area contributed by atoms with Crippen molar-refractivity contribution in [3.8, 4) is 5.75 Å². The third kappa shape index (κ3) is 2.37. The molecule has 21 heavy (non-hydrogen) atoms. The molecule has 0 saturated carbocycles. The molecule has 0 aliphatic carbocycles. The van der Waals surface area contributed by atoms with Crippen LogP contribution in [0.5, 0.6) is 5.75 Å². The molecule has 4 nitrogen and oxygen atoms in total. The minimum Gasteiger partial charge on any atom is -0.497 e. The number of carbonyl (C=O) groups excluding carboxylic acids is 1. The zero-order chi connectivity index (χ0) is 15.2. The van der Waals surface area contributed by atoms with E-state index in [2.05, 4.69) is 0 Å².